The Labute approximate surface area is 267 Å². The number of hydrogen-bond acceptors (Lipinski definition) is 8. The number of imide groups is 1. The molecule has 3 amide bonds. The van der Waals surface area contributed by atoms with E-state index in [4.69, 9.17) is 49.0 Å². The average Bonchev–Trinajstić information content (AvgIpc) is 3.21. The van der Waals surface area contributed by atoms with E-state index in [-0.39, 0.29) is 34.4 Å². The molecule has 1 heterocycles. The third-order valence-electron chi connectivity index (χ3n) is 5.88. The predicted molar refractivity (Wildman–Crippen MR) is 167 cm³/mol. The highest BCUT2D eigenvalue weighted by Gasteiger charge is 2.36. The second-order valence-electron chi connectivity index (χ2n) is 8.89. The molecule has 43 heavy (non-hydrogen) atoms. The van der Waals surface area contributed by atoms with Crippen LogP contribution >= 0.6 is 46.6 Å². The molecule has 0 spiro atoms. The number of hydrogen-bond donors (Lipinski definition) is 1. The van der Waals surface area contributed by atoms with Crippen molar-refractivity contribution in [2.24, 2.45) is 0 Å². The molecule has 13 heteroatoms. The summed E-state index contributed by atoms with van der Waals surface area (Å²) in [6.45, 7) is 3.65. The SMILES string of the molecule is CCOC(=O)c1cc(NC(=O)CN2C(=O)S/C(=C/c3ccc(OCc4ccc(Cl)cc4Cl)c(OCC)c3)C2=O)ccc1Cl. The Morgan fingerprint density at radius 2 is 1.70 bits per heavy atom. The number of nitrogens with zero attached hydrogens (tertiary/aromatic N) is 1. The molecule has 1 N–H and O–H groups in total. The Morgan fingerprint density at radius 1 is 0.907 bits per heavy atom. The van der Waals surface area contributed by atoms with E-state index in [1.54, 1.807) is 43.3 Å². The molecular formula is C30H25Cl3N2O7S. The molecule has 0 aromatic heterocycles. The van der Waals surface area contributed by atoms with Gasteiger partial charge in [0.05, 0.1) is 28.7 Å². The summed E-state index contributed by atoms with van der Waals surface area (Å²) >= 11 is 19.0. The summed E-state index contributed by atoms with van der Waals surface area (Å²) in [6, 6.07) is 14.5. The fourth-order valence-corrected chi connectivity index (χ4v) is 5.39. The van der Waals surface area contributed by atoms with E-state index in [0.29, 0.717) is 45.5 Å². The Kier molecular flexibility index (Phi) is 11.0. The number of amides is 3. The summed E-state index contributed by atoms with van der Waals surface area (Å²) in [6.07, 6.45) is 1.54. The van der Waals surface area contributed by atoms with Gasteiger partial charge < -0.3 is 19.5 Å². The van der Waals surface area contributed by atoms with Crippen molar-refractivity contribution < 1.29 is 33.4 Å². The number of thioether (sulfide) groups is 1. The number of halogens is 3. The maximum absolute atomic E-state index is 13.0. The first kappa shape index (κ1) is 32.2. The molecule has 4 rings (SSSR count). The van der Waals surface area contributed by atoms with Crippen LogP contribution in [0, 0.1) is 0 Å². The fraction of sp³-hybridized carbons (Fsp3) is 0.200. The van der Waals surface area contributed by atoms with E-state index >= 15 is 0 Å². The van der Waals surface area contributed by atoms with Crippen molar-refractivity contribution in [2.75, 3.05) is 25.1 Å². The van der Waals surface area contributed by atoms with Gasteiger partial charge in [0.15, 0.2) is 11.5 Å². The quantitative estimate of drug-likeness (QED) is 0.166. The molecule has 1 fully saturated rings. The monoisotopic (exact) mass is 662 g/mol. The minimum atomic E-state index is -0.641. The average molecular weight is 664 g/mol. The molecule has 224 valence electrons. The van der Waals surface area contributed by atoms with E-state index in [1.165, 1.54) is 24.3 Å². The molecule has 0 radical (unpaired) electrons. The van der Waals surface area contributed by atoms with Crippen molar-refractivity contribution in [3.8, 4) is 11.5 Å². The van der Waals surface area contributed by atoms with E-state index in [0.717, 1.165) is 10.5 Å². The molecule has 1 saturated heterocycles. The Morgan fingerprint density at radius 3 is 2.42 bits per heavy atom. The van der Waals surface area contributed by atoms with Gasteiger partial charge in [-0.1, -0.05) is 46.9 Å². The first-order chi connectivity index (χ1) is 20.6. The zero-order chi connectivity index (χ0) is 31.1. The lowest BCUT2D eigenvalue weighted by Gasteiger charge is -2.14. The molecular weight excluding hydrogens is 639 g/mol. The van der Waals surface area contributed by atoms with Crippen molar-refractivity contribution >= 4 is 81.4 Å². The number of anilines is 1. The predicted octanol–water partition coefficient (Wildman–Crippen LogP) is 7.48. The molecule has 1 aliphatic rings. The van der Waals surface area contributed by atoms with Gasteiger partial charge in [-0.2, -0.15) is 0 Å². The minimum Gasteiger partial charge on any atom is -0.490 e. The van der Waals surface area contributed by atoms with Gasteiger partial charge in [-0.05, 0) is 79.7 Å². The zero-order valence-electron chi connectivity index (χ0n) is 22.9. The number of esters is 1. The molecule has 0 saturated carbocycles. The van der Waals surface area contributed by atoms with Crippen LogP contribution in [0.3, 0.4) is 0 Å². The molecule has 0 bridgehead atoms. The van der Waals surface area contributed by atoms with Crippen molar-refractivity contribution in [1.29, 1.82) is 0 Å². The van der Waals surface area contributed by atoms with Crippen LogP contribution in [0.25, 0.3) is 6.08 Å². The molecule has 3 aromatic rings. The van der Waals surface area contributed by atoms with Crippen LogP contribution in [0.5, 0.6) is 11.5 Å². The van der Waals surface area contributed by atoms with Gasteiger partial charge in [-0.15, -0.1) is 0 Å². The fourth-order valence-electron chi connectivity index (χ4n) is 3.90. The Hall–Kier alpha value is -3.70. The van der Waals surface area contributed by atoms with Gasteiger partial charge in [0.1, 0.15) is 13.2 Å². The maximum Gasteiger partial charge on any atom is 0.339 e. The van der Waals surface area contributed by atoms with Crippen molar-refractivity contribution in [2.45, 2.75) is 20.5 Å². The van der Waals surface area contributed by atoms with Crippen molar-refractivity contribution in [3.63, 3.8) is 0 Å². The van der Waals surface area contributed by atoms with Crippen molar-refractivity contribution in [1.82, 2.24) is 4.90 Å². The lowest BCUT2D eigenvalue weighted by molar-refractivity contribution is -0.127. The van der Waals surface area contributed by atoms with Gasteiger partial charge in [0.2, 0.25) is 5.91 Å². The normalized spacial score (nSPS) is 13.8. The van der Waals surface area contributed by atoms with E-state index < -0.39 is 29.6 Å². The third-order valence-corrected chi connectivity index (χ3v) is 7.71. The summed E-state index contributed by atoms with van der Waals surface area (Å²) in [5.41, 5.74) is 1.66. The summed E-state index contributed by atoms with van der Waals surface area (Å²) in [5.74, 6) is -1.00. The van der Waals surface area contributed by atoms with Gasteiger partial charge in [-0.25, -0.2) is 4.79 Å². The van der Waals surface area contributed by atoms with Crippen molar-refractivity contribution in [3.05, 3.63) is 91.3 Å². The van der Waals surface area contributed by atoms with Gasteiger partial charge in [0.25, 0.3) is 11.1 Å². The summed E-state index contributed by atoms with van der Waals surface area (Å²) in [7, 11) is 0. The van der Waals surface area contributed by atoms with Crippen LogP contribution in [0.1, 0.15) is 35.3 Å². The lowest BCUT2D eigenvalue weighted by atomic mass is 10.1. The Balaban J connectivity index is 1.44. The largest absolute Gasteiger partial charge is 0.490 e. The van der Waals surface area contributed by atoms with Gasteiger partial charge >= 0.3 is 5.97 Å². The molecule has 3 aromatic carbocycles. The molecule has 0 unspecified atom stereocenters. The second-order valence-corrected chi connectivity index (χ2v) is 11.1. The van der Waals surface area contributed by atoms with Gasteiger partial charge in [-0.3, -0.25) is 19.3 Å². The molecule has 0 aliphatic carbocycles. The second kappa shape index (κ2) is 14.7. The number of benzene rings is 3. The van der Waals surface area contributed by atoms with Crippen LogP contribution in [0.2, 0.25) is 15.1 Å². The number of carbonyl (C=O) groups is 4. The first-order valence-corrected chi connectivity index (χ1v) is 14.9. The number of ether oxygens (including phenoxy) is 3. The number of rotatable bonds is 11. The number of nitrogens with one attached hydrogen (secondary N) is 1. The van der Waals surface area contributed by atoms with Crippen LogP contribution < -0.4 is 14.8 Å². The van der Waals surface area contributed by atoms with E-state index in [2.05, 4.69) is 5.32 Å². The molecule has 9 nitrogen and oxygen atoms in total. The lowest BCUT2D eigenvalue weighted by Crippen LogP contribution is -2.36. The molecule has 1 aliphatic heterocycles. The Bertz CT molecular complexity index is 1610. The van der Waals surface area contributed by atoms with Crippen LogP contribution in [-0.2, 0) is 20.9 Å². The topological polar surface area (TPSA) is 111 Å². The minimum absolute atomic E-state index is 0.0760. The highest BCUT2D eigenvalue weighted by molar-refractivity contribution is 8.18. The maximum atomic E-state index is 13.0. The van der Waals surface area contributed by atoms with Crippen LogP contribution in [0.4, 0.5) is 10.5 Å². The number of carbonyl (C=O) groups excluding carboxylic acids is 4. The first-order valence-electron chi connectivity index (χ1n) is 12.9. The third kappa shape index (κ3) is 8.23. The van der Waals surface area contributed by atoms with Crippen LogP contribution in [-0.4, -0.2) is 47.7 Å². The molecule has 0 atom stereocenters. The van der Waals surface area contributed by atoms with Gasteiger partial charge in [0, 0.05) is 21.3 Å². The summed E-state index contributed by atoms with van der Waals surface area (Å²) in [5, 5.41) is 3.12. The van der Waals surface area contributed by atoms with Crippen LogP contribution in [0.15, 0.2) is 59.5 Å². The summed E-state index contributed by atoms with van der Waals surface area (Å²) < 4.78 is 16.6. The highest BCUT2D eigenvalue weighted by Crippen LogP contribution is 2.35. The van der Waals surface area contributed by atoms with E-state index in [9.17, 15) is 19.2 Å². The highest BCUT2D eigenvalue weighted by atomic mass is 35.5. The smallest absolute Gasteiger partial charge is 0.339 e. The summed E-state index contributed by atoms with van der Waals surface area (Å²) in [4.78, 5) is 51.4. The zero-order valence-corrected chi connectivity index (χ0v) is 26.0. The van der Waals surface area contributed by atoms with E-state index in [1.807, 2.05) is 6.92 Å². The standard InChI is InChI=1S/C30H25Cl3N2O7S/c1-3-40-25-11-17(5-10-24(25)42-16-18-6-7-19(31)13-23(18)33)12-26-28(37)35(30(39)43-26)15-27(36)34-20-8-9-22(32)21(14-20)29(38)41-4-2/h5-14H,3-4,15-16H2,1-2H3,(H,34,36)/b26-12+.